The fraction of sp³-hybridized carbons (Fsp3) is 0.150. The maximum atomic E-state index is 13.7. The fourth-order valence-corrected chi connectivity index (χ4v) is 3.79. The summed E-state index contributed by atoms with van der Waals surface area (Å²) in [6, 6.07) is 13.4. The Kier molecular flexibility index (Phi) is 5.89. The number of hydrogen-bond acceptors (Lipinski definition) is 4. The fourth-order valence-electron chi connectivity index (χ4n) is 2.97. The highest BCUT2D eigenvalue weighted by atomic mass is 79.9. The lowest BCUT2D eigenvalue weighted by Crippen LogP contribution is -2.26. The van der Waals surface area contributed by atoms with E-state index in [9.17, 15) is 18.0 Å². The number of nitrogens with zero attached hydrogens (tertiary/aromatic N) is 3. The van der Waals surface area contributed by atoms with Gasteiger partial charge >= 0.3 is 6.18 Å². The highest BCUT2D eigenvalue weighted by molar-refractivity contribution is 9.10. The van der Waals surface area contributed by atoms with Gasteiger partial charge in [-0.3, -0.25) is 4.79 Å². The van der Waals surface area contributed by atoms with Crippen molar-refractivity contribution in [3.63, 3.8) is 0 Å². The van der Waals surface area contributed by atoms with E-state index in [-0.39, 0.29) is 27.3 Å². The van der Waals surface area contributed by atoms with Crippen molar-refractivity contribution in [2.75, 3.05) is 6.54 Å². The molecule has 11 heteroatoms. The third-order valence-electron chi connectivity index (χ3n) is 4.41. The van der Waals surface area contributed by atoms with E-state index in [0.29, 0.717) is 22.2 Å². The molecule has 0 unspecified atom stereocenters. The number of nitrogens with one attached hydrogen (secondary N) is 1. The molecule has 0 saturated carbocycles. The lowest BCUT2D eigenvalue weighted by atomic mass is 10.1. The Morgan fingerprint density at radius 2 is 1.87 bits per heavy atom. The third kappa shape index (κ3) is 4.52. The molecular weight excluding hydrogens is 545 g/mol. The summed E-state index contributed by atoms with van der Waals surface area (Å²) in [4.78, 5) is 16.8. The molecule has 0 radical (unpaired) electrons. The summed E-state index contributed by atoms with van der Waals surface area (Å²) in [5.74, 6) is -0.467. The molecule has 0 bridgehead atoms. The molecule has 0 saturated heterocycles. The SMILES string of the molecule is O=C(NCCc1ccccc1)c1nn2c(C(F)(F)F)cc(-c3ccc(Br)o3)nc2c1Br. The zero-order valence-electron chi connectivity index (χ0n) is 15.6. The van der Waals surface area contributed by atoms with Crippen molar-refractivity contribution >= 4 is 43.4 Å². The topological polar surface area (TPSA) is 72.4 Å². The van der Waals surface area contributed by atoms with Crippen LogP contribution in [0.5, 0.6) is 0 Å². The molecule has 0 aliphatic heterocycles. The predicted molar refractivity (Wildman–Crippen MR) is 114 cm³/mol. The first kappa shape index (κ1) is 21.6. The number of furan rings is 1. The summed E-state index contributed by atoms with van der Waals surface area (Å²) >= 11 is 6.31. The van der Waals surface area contributed by atoms with Crippen molar-refractivity contribution in [3.05, 3.63) is 74.6 Å². The Labute approximate surface area is 190 Å². The van der Waals surface area contributed by atoms with Crippen LogP contribution in [-0.2, 0) is 12.6 Å². The van der Waals surface area contributed by atoms with E-state index in [1.165, 1.54) is 6.07 Å². The largest absolute Gasteiger partial charge is 0.448 e. The van der Waals surface area contributed by atoms with E-state index in [0.717, 1.165) is 11.6 Å². The minimum absolute atomic E-state index is 0.0397. The highest BCUT2D eigenvalue weighted by Gasteiger charge is 2.37. The van der Waals surface area contributed by atoms with Gasteiger partial charge in [0, 0.05) is 6.54 Å². The van der Waals surface area contributed by atoms with Gasteiger partial charge in [-0.05, 0) is 62.0 Å². The van der Waals surface area contributed by atoms with Gasteiger partial charge in [-0.2, -0.15) is 18.3 Å². The molecule has 0 spiro atoms. The number of rotatable bonds is 5. The van der Waals surface area contributed by atoms with Crippen molar-refractivity contribution in [3.8, 4) is 11.5 Å². The van der Waals surface area contributed by atoms with Gasteiger partial charge in [-0.25, -0.2) is 9.50 Å². The Morgan fingerprint density at radius 3 is 2.52 bits per heavy atom. The average Bonchev–Trinajstić information content (AvgIpc) is 3.31. The molecular formula is C20H13Br2F3N4O2. The lowest BCUT2D eigenvalue weighted by Gasteiger charge is -2.10. The summed E-state index contributed by atoms with van der Waals surface area (Å²) in [5.41, 5.74) is -0.437. The Balaban J connectivity index is 1.69. The van der Waals surface area contributed by atoms with Gasteiger partial charge in [0.15, 0.2) is 27.5 Å². The van der Waals surface area contributed by atoms with Crippen LogP contribution >= 0.6 is 31.9 Å². The van der Waals surface area contributed by atoms with Crippen LogP contribution in [0, 0.1) is 0 Å². The van der Waals surface area contributed by atoms with Gasteiger partial charge in [0.25, 0.3) is 5.91 Å². The van der Waals surface area contributed by atoms with Crippen LogP contribution < -0.4 is 5.32 Å². The number of halogens is 5. The first-order chi connectivity index (χ1) is 14.7. The summed E-state index contributed by atoms with van der Waals surface area (Å²) in [6.45, 7) is 0.300. The summed E-state index contributed by atoms with van der Waals surface area (Å²) in [6.07, 6.45) is -4.16. The van der Waals surface area contributed by atoms with E-state index in [1.807, 2.05) is 30.3 Å². The zero-order chi connectivity index (χ0) is 22.2. The number of benzene rings is 1. The molecule has 0 fully saturated rings. The predicted octanol–water partition coefficient (Wildman–Crippen LogP) is 5.51. The quantitative estimate of drug-likeness (QED) is 0.351. The molecule has 3 heterocycles. The third-order valence-corrected chi connectivity index (χ3v) is 5.56. The second-order valence-corrected chi connectivity index (χ2v) is 8.09. The first-order valence-corrected chi connectivity index (χ1v) is 10.6. The van der Waals surface area contributed by atoms with Gasteiger partial charge in [0.2, 0.25) is 0 Å². The minimum atomic E-state index is -4.73. The van der Waals surface area contributed by atoms with Crippen LogP contribution in [0.4, 0.5) is 13.2 Å². The van der Waals surface area contributed by atoms with Crippen LogP contribution in [0.15, 0.2) is 62.1 Å². The second-order valence-electron chi connectivity index (χ2n) is 6.52. The van der Waals surface area contributed by atoms with Gasteiger partial charge in [0.05, 0.1) is 4.47 Å². The van der Waals surface area contributed by atoms with Gasteiger partial charge in [-0.1, -0.05) is 30.3 Å². The molecule has 1 aromatic carbocycles. The average molecular weight is 558 g/mol. The van der Waals surface area contributed by atoms with E-state index >= 15 is 0 Å². The van der Waals surface area contributed by atoms with E-state index in [4.69, 9.17) is 4.42 Å². The smallest absolute Gasteiger partial charge is 0.433 e. The van der Waals surface area contributed by atoms with Crippen molar-refractivity contribution in [1.29, 1.82) is 0 Å². The molecule has 1 amide bonds. The highest BCUT2D eigenvalue weighted by Crippen LogP contribution is 2.35. The van der Waals surface area contributed by atoms with E-state index < -0.39 is 17.8 Å². The Bertz CT molecular complexity index is 1250. The molecule has 0 aliphatic rings. The molecule has 0 atom stereocenters. The molecule has 4 rings (SSSR count). The number of carbonyl (C=O) groups excluding carboxylic acids is 1. The van der Waals surface area contributed by atoms with E-state index in [1.54, 1.807) is 6.07 Å². The number of hydrogen-bond donors (Lipinski definition) is 1. The van der Waals surface area contributed by atoms with Crippen LogP contribution in [0.3, 0.4) is 0 Å². The second kappa shape index (κ2) is 8.46. The molecule has 1 N–H and O–H groups in total. The van der Waals surface area contributed by atoms with Crippen molar-refractivity contribution in [2.45, 2.75) is 12.6 Å². The monoisotopic (exact) mass is 556 g/mol. The van der Waals surface area contributed by atoms with Crippen LogP contribution in [-0.4, -0.2) is 27.0 Å². The maximum absolute atomic E-state index is 13.7. The number of carbonyl (C=O) groups is 1. The van der Waals surface area contributed by atoms with Gasteiger partial charge in [0.1, 0.15) is 5.69 Å². The van der Waals surface area contributed by atoms with Crippen molar-refractivity contribution in [1.82, 2.24) is 19.9 Å². The number of amides is 1. The summed E-state index contributed by atoms with van der Waals surface area (Å²) in [7, 11) is 0. The first-order valence-electron chi connectivity index (χ1n) is 8.98. The normalized spacial score (nSPS) is 11.8. The summed E-state index contributed by atoms with van der Waals surface area (Å²) < 4.78 is 47.5. The van der Waals surface area contributed by atoms with Crippen molar-refractivity contribution in [2.24, 2.45) is 0 Å². The Hall–Kier alpha value is -2.66. The molecule has 6 nitrogen and oxygen atoms in total. The van der Waals surface area contributed by atoms with Gasteiger partial charge < -0.3 is 9.73 Å². The number of fused-ring (bicyclic) bond motifs is 1. The van der Waals surface area contributed by atoms with Gasteiger partial charge in [-0.15, -0.1) is 0 Å². The number of aromatic nitrogens is 3. The molecule has 0 aliphatic carbocycles. The molecule has 3 aromatic heterocycles. The van der Waals surface area contributed by atoms with Crippen LogP contribution in [0.25, 0.3) is 17.1 Å². The molecule has 160 valence electrons. The summed E-state index contributed by atoms with van der Waals surface area (Å²) in [5, 5.41) is 6.56. The molecule has 4 aromatic rings. The minimum Gasteiger partial charge on any atom is -0.448 e. The number of alkyl halides is 3. The Morgan fingerprint density at radius 1 is 1.13 bits per heavy atom. The molecule has 31 heavy (non-hydrogen) atoms. The maximum Gasteiger partial charge on any atom is 0.433 e. The standard InChI is InChI=1S/C20H13Br2F3N4O2/c21-15-7-6-13(31-15)12-10-14(20(23,24)25)29-18(27-12)16(22)17(28-29)19(30)26-9-8-11-4-2-1-3-5-11/h1-7,10H,8-9H2,(H,26,30). The lowest BCUT2D eigenvalue weighted by molar-refractivity contribution is -0.142. The van der Waals surface area contributed by atoms with Crippen LogP contribution in [0.2, 0.25) is 0 Å². The van der Waals surface area contributed by atoms with E-state index in [2.05, 4.69) is 47.3 Å². The van der Waals surface area contributed by atoms with Crippen LogP contribution in [0.1, 0.15) is 21.7 Å². The van der Waals surface area contributed by atoms with Crippen molar-refractivity contribution < 1.29 is 22.4 Å². The zero-order valence-corrected chi connectivity index (χ0v) is 18.8.